The number of hydrogen-bond acceptors (Lipinski definition) is 10. The minimum absolute atomic E-state index is 0.00965. The van der Waals surface area contributed by atoms with Crippen molar-refractivity contribution in [1.29, 1.82) is 0 Å². The van der Waals surface area contributed by atoms with E-state index in [9.17, 15) is 21.9 Å². The SMILES string of the molecule is CNS(=O)(=O)c1cccc(OCC(O)CN[C@H]2COC3(CCN(S(=O)(=O)c4cnc5[nH]cnc5c4C)CC3)C2)c1. The Hall–Kier alpha value is -2.66. The van der Waals surface area contributed by atoms with Crippen LogP contribution in [0.4, 0.5) is 0 Å². The lowest BCUT2D eigenvalue weighted by molar-refractivity contribution is -0.0312. The standard InChI is InChI=1S/C25H34N6O7S2/c1-17-22(13-28-24-23(17)29-16-30-24)40(35,36)31-8-6-25(7-9-31)11-18(14-38-25)27-12-19(32)15-37-20-4-3-5-21(10-20)39(33,34)26-2/h3-5,10,13,16,18-19,26-27,32H,6-9,11-12,14-15H2,1-2H3,(H,28,29,30)/t18-,19?/m1/s1. The number of aromatic amines is 1. The van der Waals surface area contributed by atoms with E-state index in [1.54, 1.807) is 19.1 Å². The van der Waals surface area contributed by atoms with Crippen molar-refractivity contribution in [2.75, 3.05) is 39.9 Å². The van der Waals surface area contributed by atoms with Gasteiger partial charge in [-0.25, -0.2) is 31.5 Å². The van der Waals surface area contributed by atoms with Crippen molar-refractivity contribution in [1.82, 2.24) is 29.3 Å². The molecule has 218 valence electrons. The monoisotopic (exact) mass is 594 g/mol. The lowest BCUT2D eigenvalue weighted by atomic mass is 9.88. The Morgan fingerprint density at radius 2 is 2.02 bits per heavy atom. The summed E-state index contributed by atoms with van der Waals surface area (Å²) in [6.07, 6.45) is 3.91. The number of aryl methyl sites for hydroxylation is 1. The minimum atomic E-state index is -3.72. The fraction of sp³-hybridized carbons (Fsp3) is 0.520. The van der Waals surface area contributed by atoms with Gasteiger partial charge in [0.15, 0.2) is 5.65 Å². The molecule has 2 aliphatic rings. The number of sulfonamides is 2. The largest absolute Gasteiger partial charge is 0.491 e. The molecule has 4 N–H and O–H groups in total. The molecule has 0 aliphatic carbocycles. The van der Waals surface area contributed by atoms with Crippen molar-refractivity contribution in [2.24, 2.45) is 0 Å². The van der Waals surface area contributed by atoms with Gasteiger partial charge in [0.05, 0.1) is 23.4 Å². The molecule has 1 aromatic carbocycles. The number of nitrogens with zero attached hydrogens (tertiary/aromatic N) is 3. The summed E-state index contributed by atoms with van der Waals surface area (Å²) in [5.41, 5.74) is 1.26. The molecule has 0 saturated carbocycles. The number of hydrogen-bond donors (Lipinski definition) is 4. The molecule has 2 saturated heterocycles. The number of nitrogens with one attached hydrogen (secondary N) is 3. The van der Waals surface area contributed by atoms with Gasteiger partial charge in [0.25, 0.3) is 0 Å². The molecule has 15 heteroatoms. The number of pyridine rings is 1. The first-order chi connectivity index (χ1) is 19.0. The van der Waals surface area contributed by atoms with Crippen LogP contribution < -0.4 is 14.8 Å². The van der Waals surface area contributed by atoms with Crippen LogP contribution >= 0.6 is 0 Å². The van der Waals surface area contributed by atoms with Crippen LogP contribution in [0.5, 0.6) is 5.75 Å². The Balaban J connectivity index is 1.10. The second-order valence-electron chi connectivity index (χ2n) is 10.2. The molecule has 3 aromatic rings. The molecule has 0 radical (unpaired) electrons. The number of piperidine rings is 1. The fourth-order valence-corrected chi connectivity index (χ4v) is 7.63. The Morgan fingerprint density at radius 3 is 2.77 bits per heavy atom. The summed E-state index contributed by atoms with van der Waals surface area (Å²) < 4.78 is 66.2. The Morgan fingerprint density at radius 1 is 1.25 bits per heavy atom. The zero-order valence-electron chi connectivity index (χ0n) is 22.3. The Labute approximate surface area is 233 Å². The van der Waals surface area contributed by atoms with Crippen LogP contribution in [0.15, 0.2) is 46.6 Å². The summed E-state index contributed by atoms with van der Waals surface area (Å²) in [5, 5.41) is 13.7. The second kappa shape index (κ2) is 11.3. The Kier molecular flexibility index (Phi) is 8.16. The molecule has 2 aromatic heterocycles. The van der Waals surface area contributed by atoms with E-state index in [-0.39, 0.29) is 29.0 Å². The number of aromatic nitrogens is 3. The van der Waals surface area contributed by atoms with Gasteiger partial charge in [0.2, 0.25) is 20.0 Å². The predicted octanol–water partition coefficient (Wildman–Crippen LogP) is 0.516. The lowest BCUT2D eigenvalue weighted by Gasteiger charge is -2.38. The highest BCUT2D eigenvalue weighted by Gasteiger charge is 2.45. The van der Waals surface area contributed by atoms with Crippen molar-refractivity contribution < 1.29 is 31.4 Å². The number of aliphatic hydroxyl groups excluding tert-OH is 1. The molecule has 4 heterocycles. The summed E-state index contributed by atoms with van der Waals surface area (Å²) in [4.78, 5) is 11.6. The zero-order chi connectivity index (χ0) is 28.5. The number of ether oxygens (including phenoxy) is 2. The third-order valence-electron chi connectivity index (χ3n) is 7.58. The molecule has 2 aliphatic heterocycles. The highest BCUT2D eigenvalue weighted by molar-refractivity contribution is 7.89. The molecule has 1 unspecified atom stereocenters. The smallest absolute Gasteiger partial charge is 0.244 e. The minimum Gasteiger partial charge on any atom is -0.491 e. The van der Waals surface area contributed by atoms with E-state index in [1.165, 1.54) is 36.0 Å². The maximum atomic E-state index is 13.4. The fourth-order valence-electron chi connectivity index (χ4n) is 5.26. The van der Waals surface area contributed by atoms with Gasteiger partial charge in [-0.3, -0.25) is 0 Å². The average Bonchev–Trinajstić information content (AvgIpc) is 3.59. The zero-order valence-corrected chi connectivity index (χ0v) is 24.0. The molecule has 0 amide bonds. The number of aliphatic hydroxyl groups is 1. The summed E-state index contributed by atoms with van der Waals surface area (Å²) in [6, 6.07) is 6.08. The second-order valence-corrected chi connectivity index (χ2v) is 14.0. The Bertz CT molecular complexity index is 1570. The van der Waals surface area contributed by atoms with E-state index in [2.05, 4.69) is 25.0 Å². The van der Waals surface area contributed by atoms with Gasteiger partial charge in [-0.15, -0.1) is 0 Å². The first-order valence-electron chi connectivity index (χ1n) is 13.0. The van der Waals surface area contributed by atoms with E-state index in [4.69, 9.17) is 9.47 Å². The normalized spacial score (nSPS) is 20.7. The first kappa shape index (κ1) is 28.9. The topological polar surface area (TPSA) is 176 Å². The first-order valence-corrected chi connectivity index (χ1v) is 16.0. The van der Waals surface area contributed by atoms with Gasteiger partial charge >= 0.3 is 0 Å². The molecule has 13 nitrogen and oxygen atoms in total. The number of fused-ring (bicyclic) bond motifs is 1. The van der Waals surface area contributed by atoms with Crippen LogP contribution in [-0.2, 0) is 24.8 Å². The summed E-state index contributed by atoms with van der Waals surface area (Å²) in [6.45, 7) is 3.13. The van der Waals surface area contributed by atoms with Gasteiger partial charge in [-0.1, -0.05) is 6.07 Å². The van der Waals surface area contributed by atoms with Crippen molar-refractivity contribution in [3.8, 4) is 5.75 Å². The lowest BCUT2D eigenvalue weighted by Crippen LogP contribution is -2.47. The van der Waals surface area contributed by atoms with Crippen LogP contribution in [0, 0.1) is 6.92 Å². The van der Waals surface area contributed by atoms with Gasteiger partial charge in [-0.2, -0.15) is 4.31 Å². The molecular formula is C25H34N6O7S2. The van der Waals surface area contributed by atoms with Crippen LogP contribution in [0.3, 0.4) is 0 Å². The van der Waals surface area contributed by atoms with Gasteiger partial charge in [0, 0.05) is 43.5 Å². The summed E-state index contributed by atoms with van der Waals surface area (Å²) in [7, 11) is -5.98. The third-order valence-corrected chi connectivity index (χ3v) is 11.0. The van der Waals surface area contributed by atoms with Gasteiger partial charge < -0.3 is 24.9 Å². The molecule has 2 fully saturated rings. The molecule has 0 bridgehead atoms. The van der Waals surface area contributed by atoms with Crippen LogP contribution in [-0.4, -0.2) is 98.8 Å². The number of H-pyrrole nitrogens is 1. The van der Waals surface area contributed by atoms with Crippen molar-refractivity contribution >= 4 is 31.2 Å². The number of rotatable bonds is 10. The van der Waals surface area contributed by atoms with Crippen LogP contribution in [0.1, 0.15) is 24.8 Å². The third kappa shape index (κ3) is 5.86. The quantitative estimate of drug-likeness (QED) is 0.259. The number of benzene rings is 1. The molecular weight excluding hydrogens is 560 g/mol. The maximum absolute atomic E-state index is 13.4. The van der Waals surface area contributed by atoms with Crippen molar-refractivity contribution in [2.45, 2.75) is 53.7 Å². The summed E-state index contributed by atoms with van der Waals surface area (Å²) >= 11 is 0. The van der Waals surface area contributed by atoms with E-state index in [0.29, 0.717) is 61.4 Å². The van der Waals surface area contributed by atoms with E-state index >= 15 is 0 Å². The highest BCUT2D eigenvalue weighted by Crippen LogP contribution is 2.38. The van der Waals surface area contributed by atoms with E-state index in [0.717, 1.165) is 0 Å². The predicted molar refractivity (Wildman–Crippen MR) is 146 cm³/mol. The summed E-state index contributed by atoms with van der Waals surface area (Å²) in [5.74, 6) is 0.343. The average molecular weight is 595 g/mol. The maximum Gasteiger partial charge on any atom is 0.244 e. The highest BCUT2D eigenvalue weighted by atomic mass is 32.2. The molecule has 1 spiro atoms. The number of imidazole rings is 1. The molecule has 2 atom stereocenters. The van der Waals surface area contributed by atoms with Crippen molar-refractivity contribution in [3.05, 3.63) is 42.4 Å². The molecule has 40 heavy (non-hydrogen) atoms. The van der Waals surface area contributed by atoms with Crippen molar-refractivity contribution in [3.63, 3.8) is 0 Å². The van der Waals surface area contributed by atoms with Crippen LogP contribution in [0.2, 0.25) is 0 Å². The van der Waals surface area contributed by atoms with E-state index < -0.39 is 31.8 Å². The van der Waals surface area contributed by atoms with E-state index in [1.807, 2.05) is 0 Å². The van der Waals surface area contributed by atoms with Gasteiger partial charge in [0.1, 0.15) is 28.9 Å². The molecule has 5 rings (SSSR count). The van der Waals surface area contributed by atoms with Gasteiger partial charge in [-0.05, 0) is 45.4 Å². The van der Waals surface area contributed by atoms with Crippen LogP contribution in [0.25, 0.3) is 11.2 Å².